The van der Waals surface area contributed by atoms with Crippen molar-refractivity contribution in [3.05, 3.63) is 62.2 Å². The minimum absolute atomic E-state index is 0.209. The van der Waals surface area contributed by atoms with Crippen LogP contribution in [0.1, 0.15) is 15.9 Å². The number of halogens is 2. The topological polar surface area (TPSA) is 52.9 Å². The Morgan fingerprint density at radius 2 is 1.89 bits per heavy atom. The molecule has 0 unspecified atom stereocenters. The van der Waals surface area contributed by atoms with Gasteiger partial charge in [0.15, 0.2) is 0 Å². The Morgan fingerprint density at radius 1 is 1.21 bits per heavy atom. The van der Waals surface area contributed by atoms with E-state index in [1.54, 1.807) is 42.5 Å². The van der Waals surface area contributed by atoms with Crippen LogP contribution in [0.3, 0.4) is 0 Å². The molecule has 0 atom stereocenters. The quantitative estimate of drug-likeness (QED) is 0.796. The van der Waals surface area contributed by atoms with E-state index in [9.17, 15) is 4.79 Å². The second kappa shape index (κ2) is 6.04. The number of nitrogens with zero attached hydrogens (tertiary/aromatic N) is 1. The van der Waals surface area contributed by atoms with Gasteiger partial charge in [0.05, 0.1) is 16.7 Å². The summed E-state index contributed by atoms with van der Waals surface area (Å²) in [5, 5.41) is 12.1. The molecular formula is C14H8ClIN2O. The maximum Gasteiger partial charge on any atom is 0.255 e. The summed E-state index contributed by atoms with van der Waals surface area (Å²) in [6.07, 6.45) is 0. The van der Waals surface area contributed by atoms with Crippen molar-refractivity contribution in [3.8, 4) is 6.07 Å². The van der Waals surface area contributed by atoms with Crippen molar-refractivity contribution >= 4 is 45.8 Å². The molecule has 0 fully saturated rings. The van der Waals surface area contributed by atoms with Gasteiger partial charge in [-0.25, -0.2) is 0 Å². The van der Waals surface area contributed by atoms with Crippen LogP contribution >= 0.6 is 34.2 Å². The number of rotatable bonds is 2. The number of hydrogen-bond donors (Lipinski definition) is 1. The van der Waals surface area contributed by atoms with Gasteiger partial charge in [0.2, 0.25) is 0 Å². The molecule has 2 rings (SSSR count). The molecule has 0 saturated carbocycles. The van der Waals surface area contributed by atoms with E-state index >= 15 is 0 Å². The number of anilines is 1. The molecule has 0 aliphatic heterocycles. The lowest BCUT2D eigenvalue weighted by atomic mass is 10.2. The Labute approximate surface area is 129 Å². The minimum atomic E-state index is -0.209. The van der Waals surface area contributed by atoms with Crippen LogP contribution in [0.5, 0.6) is 0 Å². The summed E-state index contributed by atoms with van der Waals surface area (Å²) in [5.74, 6) is -0.209. The Bertz CT molecular complexity index is 662. The van der Waals surface area contributed by atoms with Crippen LogP contribution in [0.2, 0.25) is 5.02 Å². The molecular weight excluding hydrogens is 375 g/mol. The molecule has 94 valence electrons. The average molecular weight is 383 g/mol. The fraction of sp³-hybridized carbons (Fsp3) is 0. The number of benzene rings is 2. The van der Waals surface area contributed by atoms with Crippen LogP contribution in [0, 0.1) is 14.9 Å². The van der Waals surface area contributed by atoms with Crippen LogP contribution in [0.15, 0.2) is 42.5 Å². The van der Waals surface area contributed by atoms with Crippen LogP contribution < -0.4 is 5.32 Å². The largest absolute Gasteiger partial charge is 0.322 e. The summed E-state index contributed by atoms with van der Waals surface area (Å²) in [7, 11) is 0. The molecule has 2 aromatic rings. The van der Waals surface area contributed by atoms with Crippen LogP contribution in [-0.4, -0.2) is 5.91 Å². The molecule has 1 amide bonds. The van der Waals surface area contributed by atoms with Crippen molar-refractivity contribution in [2.24, 2.45) is 0 Å². The van der Waals surface area contributed by atoms with Crippen LogP contribution in [0.25, 0.3) is 0 Å². The normalized spacial score (nSPS) is 9.74. The fourth-order valence-corrected chi connectivity index (χ4v) is 2.10. The Balaban J connectivity index is 2.16. The number of nitriles is 1. The third-order valence-electron chi connectivity index (χ3n) is 2.45. The highest BCUT2D eigenvalue weighted by Crippen LogP contribution is 2.20. The first-order chi connectivity index (χ1) is 9.10. The van der Waals surface area contributed by atoms with Crippen molar-refractivity contribution in [1.29, 1.82) is 5.26 Å². The first-order valence-corrected chi connectivity index (χ1v) is 6.82. The maximum absolute atomic E-state index is 12.0. The fourth-order valence-electron chi connectivity index (χ4n) is 1.47. The Morgan fingerprint density at radius 3 is 2.47 bits per heavy atom. The standard InChI is InChI=1S/C14H8ClIN2O/c15-12-6-3-10(7-13(12)16)14(19)18-11-4-1-9(8-17)2-5-11/h1-7H,(H,18,19). The number of hydrogen-bond acceptors (Lipinski definition) is 2. The maximum atomic E-state index is 12.0. The molecule has 0 radical (unpaired) electrons. The van der Waals surface area contributed by atoms with Crippen molar-refractivity contribution in [2.75, 3.05) is 5.32 Å². The van der Waals surface area contributed by atoms with E-state index in [4.69, 9.17) is 16.9 Å². The summed E-state index contributed by atoms with van der Waals surface area (Å²) in [6.45, 7) is 0. The average Bonchev–Trinajstić information content (AvgIpc) is 2.42. The molecule has 0 saturated heterocycles. The zero-order chi connectivity index (χ0) is 13.8. The SMILES string of the molecule is N#Cc1ccc(NC(=O)c2ccc(Cl)c(I)c2)cc1. The number of carbonyl (C=O) groups excluding carboxylic acids is 1. The van der Waals surface area contributed by atoms with Gasteiger partial charge >= 0.3 is 0 Å². The second-order valence-electron chi connectivity index (χ2n) is 3.77. The highest BCUT2D eigenvalue weighted by atomic mass is 127. The monoisotopic (exact) mass is 382 g/mol. The van der Waals surface area contributed by atoms with E-state index in [0.29, 0.717) is 21.8 Å². The summed E-state index contributed by atoms with van der Waals surface area (Å²) < 4.78 is 0.826. The molecule has 0 bridgehead atoms. The molecule has 0 aliphatic rings. The first kappa shape index (κ1) is 13.8. The Kier molecular flexibility index (Phi) is 4.40. The predicted molar refractivity (Wildman–Crippen MR) is 83.3 cm³/mol. The minimum Gasteiger partial charge on any atom is -0.322 e. The predicted octanol–water partition coefficient (Wildman–Crippen LogP) is 4.07. The van der Waals surface area contributed by atoms with E-state index in [-0.39, 0.29) is 5.91 Å². The molecule has 5 heteroatoms. The van der Waals surface area contributed by atoms with Crippen molar-refractivity contribution in [3.63, 3.8) is 0 Å². The molecule has 19 heavy (non-hydrogen) atoms. The van der Waals surface area contributed by atoms with Crippen LogP contribution in [-0.2, 0) is 0 Å². The summed E-state index contributed by atoms with van der Waals surface area (Å²) in [4.78, 5) is 12.0. The zero-order valence-electron chi connectivity index (χ0n) is 9.65. The highest BCUT2D eigenvalue weighted by molar-refractivity contribution is 14.1. The lowest BCUT2D eigenvalue weighted by molar-refractivity contribution is 0.102. The van der Waals surface area contributed by atoms with Gasteiger partial charge in [-0.05, 0) is 65.1 Å². The lowest BCUT2D eigenvalue weighted by Gasteiger charge is -2.06. The van der Waals surface area contributed by atoms with Gasteiger partial charge in [0.25, 0.3) is 5.91 Å². The third-order valence-corrected chi connectivity index (χ3v) is 3.99. The number of carbonyl (C=O) groups is 1. The molecule has 3 nitrogen and oxygen atoms in total. The molecule has 0 aliphatic carbocycles. The lowest BCUT2D eigenvalue weighted by Crippen LogP contribution is -2.11. The molecule has 0 heterocycles. The zero-order valence-corrected chi connectivity index (χ0v) is 12.6. The molecule has 0 aromatic heterocycles. The van der Waals surface area contributed by atoms with Gasteiger partial charge in [-0.1, -0.05) is 11.6 Å². The van der Waals surface area contributed by atoms with Gasteiger partial charge in [-0.15, -0.1) is 0 Å². The van der Waals surface area contributed by atoms with Crippen molar-refractivity contribution in [1.82, 2.24) is 0 Å². The van der Waals surface area contributed by atoms with Gasteiger partial charge < -0.3 is 5.32 Å². The molecule has 0 spiro atoms. The van der Waals surface area contributed by atoms with Gasteiger partial charge in [0, 0.05) is 14.8 Å². The van der Waals surface area contributed by atoms with E-state index < -0.39 is 0 Å². The first-order valence-electron chi connectivity index (χ1n) is 5.37. The van der Waals surface area contributed by atoms with E-state index in [1.165, 1.54) is 0 Å². The second-order valence-corrected chi connectivity index (χ2v) is 5.34. The summed E-state index contributed by atoms with van der Waals surface area (Å²) in [6, 6.07) is 13.8. The smallest absolute Gasteiger partial charge is 0.255 e. The van der Waals surface area contributed by atoms with E-state index in [2.05, 4.69) is 27.9 Å². The highest BCUT2D eigenvalue weighted by Gasteiger charge is 2.08. The van der Waals surface area contributed by atoms with Gasteiger partial charge in [-0.2, -0.15) is 5.26 Å². The third kappa shape index (κ3) is 3.46. The van der Waals surface area contributed by atoms with E-state index in [1.807, 2.05) is 6.07 Å². The molecule has 2 aromatic carbocycles. The summed E-state index contributed by atoms with van der Waals surface area (Å²) in [5.41, 5.74) is 1.74. The van der Waals surface area contributed by atoms with Gasteiger partial charge in [0.1, 0.15) is 0 Å². The van der Waals surface area contributed by atoms with E-state index in [0.717, 1.165) is 3.57 Å². The summed E-state index contributed by atoms with van der Waals surface area (Å²) >= 11 is 7.98. The van der Waals surface area contributed by atoms with Gasteiger partial charge in [-0.3, -0.25) is 4.79 Å². The van der Waals surface area contributed by atoms with Crippen molar-refractivity contribution < 1.29 is 4.79 Å². The number of nitrogens with one attached hydrogen (secondary N) is 1. The van der Waals surface area contributed by atoms with Crippen molar-refractivity contribution in [2.45, 2.75) is 0 Å². The molecule has 1 N–H and O–H groups in total. The Hall–Kier alpha value is -1.58. The van der Waals surface area contributed by atoms with Crippen LogP contribution in [0.4, 0.5) is 5.69 Å². The number of amides is 1.